The Morgan fingerprint density at radius 1 is 1.26 bits per heavy atom. The fourth-order valence-electron chi connectivity index (χ4n) is 2.50. The standard InChI is InChI=1S/C17H23ClN2O3/c1-3-4-5-8-19-16(21)12-10-13(12)17(22)20-14-9-11(18)6-7-15(14)23-2/h6-7,9,12-13H,3-5,8,10H2,1-2H3,(H,19,21)(H,20,22). The van der Waals surface area contributed by atoms with Gasteiger partial charge in [-0.25, -0.2) is 0 Å². The highest BCUT2D eigenvalue weighted by Gasteiger charge is 2.48. The number of unbranched alkanes of at least 4 members (excludes halogenated alkanes) is 2. The van der Waals surface area contributed by atoms with Crippen molar-refractivity contribution in [2.45, 2.75) is 32.6 Å². The van der Waals surface area contributed by atoms with Crippen LogP contribution in [0.2, 0.25) is 5.02 Å². The fourth-order valence-corrected chi connectivity index (χ4v) is 2.67. The van der Waals surface area contributed by atoms with Gasteiger partial charge in [0.2, 0.25) is 11.8 Å². The number of carbonyl (C=O) groups is 2. The molecule has 0 radical (unpaired) electrons. The highest BCUT2D eigenvalue weighted by Crippen LogP contribution is 2.40. The molecule has 2 rings (SSSR count). The second-order valence-electron chi connectivity index (χ2n) is 5.78. The van der Waals surface area contributed by atoms with Crippen LogP contribution in [0.15, 0.2) is 18.2 Å². The zero-order valence-corrected chi connectivity index (χ0v) is 14.3. The van der Waals surface area contributed by atoms with E-state index in [-0.39, 0.29) is 23.7 Å². The van der Waals surface area contributed by atoms with Crippen molar-refractivity contribution in [3.8, 4) is 5.75 Å². The number of amides is 2. The van der Waals surface area contributed by atoms with Crippen molar-refractivity contribution in [1.29, 1.82) is 0 Å². The lowest BCUT2D eigenvalue weighted by Crippen LogP contribution is -2.28. The van der Waals surface area contributed by atoms with Gasteiger partial charge in [0.1, 0.15) is 5.75 Å². The van der Waals surface area contributed by atoms with E-state index in [0.29, 0.717) is 29.4 Å². The number of methoxy groups -OCH3 is 1. The molecule has 6 heteroatoms. The lowest BCUT2D eigenvalue weighted by atomic mass is 10.2. The summed E-state index contributed by atoms with van der Waals surface area (Å²) in [6.45, 7) is 2.80. The molecule has 2 unspecified atom stereocenters. The van der Waals surface area contributed by atoms with Gasteiger partial charge in [-0.1, -0.05) is 31.4 Å². The number of halogens is 1. The van der Waals surface area contributed by atoms with Crippen LogP contribution in [0, 0.1) is 11.8 Å². The van der Waals surface area contributed by atoms with Crippen LogP contribution in [0.5, 0.6) is 5.75 Å². The van der Waals surface area contributed by atoms with Gasteiger partial charge in [0.15, 0.2) is 0 Å². The van der Waals surface area contributed by atoms with Crippen LogP contribution in [-0.4, -0.2) is 25.5 Å². The molecular formula is C17H23ClN2O3. The first kappa shape index (κ1) is 17.6. The summed E-state index contributed by atoms with van der Waals surface area (Å²) < 4.78 is 5.20. The first-order valence-corrected chi connectivity index (χ1v) is 8.36. The van der Waals surface area contributed by atoms with E-state index in [0.717, 1.165) is 19.3 Å². The van der Waals surface area contributed by atoms with Crippen molar-refractivity contribution in [3.63, 3.8) is 0 Å². The number of benzene rings is 1. The van der Waals surface area contributed by atoms with E-state index in [2.05, 4.69) is 17.6 Å². The smallest absolute Gasteiger partial charge is 0.228 e. The summed E-state index contributed by atoms with van der Waals surface area (Å²) in [7, 11) is 1.53. The third kappa shape index (κ3) is 4.86. The van der Waals surface area contributed by atoms with E-state index in [1.165, 1.54) is 7.11 Å². The Morgan fingerprint density at radius 3 is 2.70 bits per heavy atom. The number of anilines is 1. The topological polar surface area (TPSA) is 67.4 Å². The van der Waals surface area contributed by atoms with Crippen LogP contribution in [0.25, 0.3) is 0 Å². The zero-order valence-electron chi connectivity index (χ0n) is 13.5. The van der Waals surface area contributed by atoms with Gasteiger partial charge in [-0.3, -0.25) is 9.59 Å². The van der Waals surface area contributed by atoms with E-state index in [1.54, 1.807) is 18.2 Å². The third-order valence-corrected chi connectivity index (χ3v) is 4.20. The summed E-state index contributed by atoms with van der Waals surface area (Å²) in [5, 5.41) is 6.21. The largest absolute Gasteiger partial charge is 0.495 e. The molecule has 5 nitrogen and oxygen atoms in total. The molecule has 23 heavy (non-hydrogen) atoms. The maximum atomic E-state index is 12.3. The SMILES string of the molecule is CCCCCNC(=O)C1CC1C(=O)Nc1cc(Cl)ccc1OC. The van der Waals surface area contributed by atoms with Crippen molar-refractivity contribution in [1.82, 2.24) is 5.32 Å². The molecule has 1 fully saturated rings. The summed E-state index contributed by atoms with van der Waals surface area (Å²) in [6, 6.07) is 5.03. The molecule has 1 saturated carbocycles. The first-order chi connectivity index (χ1) is 11.1. The number of ether oxygens (including phenoxy) is 1. The number of carbonyl (C=O) groups excluding carboxylic acids is 2. The number of hydrogen-bond acceptors (Lipinski definition) is 3. The molecular weight excluding hydrogens is 316 g/mol. The molecule has 2 N–H and O–H groups in total. The molecule has 0 aromatic heterocycles. The Labute approximate surface area is 141 Å². The van der Waals surface area contributed by atoms with Crippen molar-refractivity contribution in [2.24, 2.45) is 11.8 Å². The van der Waals surface area contributed by atoms with E-state index in [1.807, 2.05) is 0 Å². The van der Waals surface area contributed by atoms with Gasteiger partial charge in [-0.15, -0.1) is 0 Å². The third-order valence-electron chi connectivity index (χ3n) is 3.96. The second-order valence-corrected chi connectivity index (χ2v) is 6.22. The van der Waals surface area contributed by atoms with Gasteiger partial charge < -0.3 is 15.4 Å². The Balaban J connectivity index is 1.84. The van der Waals surface area contributed by atoms with E-state index in [4.69, 9.17) is 16.3 Å². The lowest BCUT2D eigenvalue weighted by Gasteiger charge is -2.10. The van der Waals surface area contributed by atoms with E-state index in [9.17, 15) is 9.59 Å². The molecule has 1 aliphatic carbocycles. The average molecular weight is 339 g/mol. The predicted molar refractivity (Wildman–Crippen MR) is 90.8 cm³/mol. The predicted octanol–water partition coefficient (Wildman–Crippen LogP) is 3.23. The average Bonchev–Trinajstić information content (AvgIpc) is 3.32. The van der Waals surface area contributed by atoms with Gasteiger partial charge >= 0.3 is 0 Å². The zero-order chi connectivity index (χ0) is 16.8. The second kappa shape index (κ2) is 8.20. The lowest BCUT2D eigenvalue weighted by molar-refractivity contribution is -0.125. The molecule has 126 valence electrons. The van der Waals surface area contributed by atoms with Gasteiger partial charge in [-0.05, 0) is 31.0 Å². The maximum Gasteiger partial charge on any atom is 0.228 e. The van der Waals surface area contributed by atoms with Crippen molar-refractivity contribution < 1.29 is 14.3 Å². The van der Waals surface area contributed by atoms with Gasteiger partial charge in [0.05, 0.1) is 24.6 Å². The summed E-state index contributed by atoms with van der Waals surface area (Å²) in [5.74, 6) is -0.144. The molecule has 2 atom stereocenters. The molecule has 0 heterocycles. The van der Waals surface area contributed by atoms with Crippen molar-refractivity contribution in [2.75, 3.05) is 19.0 Å². The molecule has 1 aliphatic rings. The summed E-state index contributed by atoms with van der Waals surface area (Å²) in [5.41, 5.74) is 0.527. The number of rotatable bonds is 8. The highest BCUT2D eigenvalue weighted by atomic mass is 35.5. The van der Waals surface area contributed by atoms with Gasteiger partial charge in [0, 0.05) is 11.6 Å². The summed E-state index contributed by atoms with van der Waals surface area (Å²) >= 11 is 5.94. The van der Waals surface area contributed by atoms with E-state index < -0.39 is 0 Å². The molecule has 0 spiro atoms. The number of hydrogen-bond donors (Lipinski definition) is 2. The number of nitrogens with one attached hydrogen (secondary N) is 2. The monoisotopic (exact) mass is 338 g/mol. The minimum atomic E-state index is -0.273. The van der Waals surface area contributed by atoms with Crippen LogP contribution in [0.4, 0.5) is 5.69 Å². The van der Waals surface area contributed by atoms with Crippen LogP contribution in [-0.2, 0) is 9.59 Å². The van der Waals surface area contributed by atoms with Crippen molar-refractivity contribution in [3.05, 3.63) is 23.2 Å². The van der Waals surface area contributed by atoms with Crippen LogP contribution in [0.3, 0.4) is 0 Å². The molecule has 0 aliphatic heterocycles. The summed E-state index contributed by atoms with van der Waals surface area (Å²) in [6.07, 6.45) is 3.79. The van der Waals surface area contributed by atoms with Crippen LogP contribution >= 0.6 is 11.6 Å². The highest BCUT2D eigenvalue weighted by molar-refractivity contribution is 6.31. The molecule has 2 amide bonds. The molecule has 1 aromatic rings. The molecule has 0 bridgehead atoms. The normalized spacial score (nSPS) is 19.1. The van der Waals surface area contributed by atoms with Gasteiger partial charge in [-0.2, -0.15) is 0 Å². The fraction of sp³-hybridized carbons (Fsp3) is 0.529. The van der Waals surface area contributed by atoms with Crippen molar-refractivity contribution >= 4 is 29.1 Å². The molecule has 0 saturated heterocycles. The minimum absolute atomic E-state index is 0.0284. The Morgan fingerprint density at radius 2 is 2.00 bits per heavy atom. The van der Waals surface area contributed by atoms with Crippen LogP contribution < -0.4 is 15.4 Å². The molecule has 1 aromatic carbocycles. The minimum Gasteiger partial charge on any atom is -0.495 e. The Kier molecular flexibility index (Phi) is 6.28. The van der Waals surface area contributed by atoms with Crippen LogP contribution in [0.1, 0.15) is 32.6 Å². The Hall–Kier alpha value is -1.75. The van der Waals surface area contributed by atoms with E-state index >= 15 is 0 Å². The summed E-state index contributed by atoms with van der Waals surface area (Å²) in [4.78, 5) is 24.2. The first-order valence-electron chi connectivity index (χ1n) is 7.99. The van der Waals surface area contributed by atoms with Gasteiger partial charge in [0.25, 0.3) is 0 Å². The maximum absolute atomic E-state index is 12.3. The Bertz CT molecular complexity index is 577. The quantitative estimate of drug-likeness (QED) is 0.715.